The molecule has 0 saturated heterocycles. The summed E-state index contributed by atoms with van der Waals surface area (Å²) in [6, 6.07) is 13.3. The van der Waals surface area contributed by atoms with Crippen LogP contribution in [-0.4, -0.2) is 33.6 Å². The number of carbonyl (C=O) groups excluding carboxylic acids is 1. The Labute approximate surface area is 158 Å². The van der Waals surface area contributed by atoms with Gasteiger partial charge in [-0.05, 0) is 36.2 Å². The zero-order chi connectivity index (χ0) is 19.4. The molecule has 0 radical (unpaired) electrons. The molecule has 27 heavy (non-hydrogen) atoms. The summed E-state index contributed by atoms with van der Waals surface area (Å²) in [5.41, 5.74) is 7.55. The Bertz CT molecular complexity index is 915. The molecule has 3 N–H and O–H groups in total. The molecular weight excluding hydrogens is 368 g/mol. The van der Waals surface area contributed by atoms with E-state index in [4.69, 9.17) is 15.2 Å². The summed E-state index contributed by atoms with van der Waals surface area (Å²) in [7, 11) is -3.73. The zero-order valence-corrected chi connectivity index (χ0v) is 15.7. The van der Waals surface area contributed by atoms with Crippen LogP contribution in [0.2, 0.25) is 0 Å². The van der Waals surface area contributed by atoms with Crippen LogP contribution in [0, 0.1) is 0 Å². The number of fused-ring (bicyclic) bond motifs is 1. The van der Waals surface area contributed by atoms with Gasteiger partial charge in [-0.1, -0.05) is 30.3 Å². The molecule has 0 aromatic heterocycles. The average Bonchev–Trinajstić information content (AvgIpc) is 3.10. The molecule has 0 spiro atoms. The van der Waals surface area contributed by atoms with Crippen molar-refractivity contribution < 1.29 is 22.7 Å². The second-order valence-corrected chi connectivity index (χ2v) is 7.97. The molecule has 7 nitrogen and oxygen atoms in total. The lowest BCUT2D eigenvalue weighted by Crippen LogP contribution is -2.32. The van der Waals surface area contributed by atoms with Gasteiger partial charge in [0.05, 0.1) is 11.5 Å². The van der Waals surface area contributed by atoms with Gasteiger partial charge in [-0.2, -0.15) is 0 Å². The van der Waals surface area contributed by atoms with Crippen molar-refractivity contribution in [3.05, 3.63) is 59.7 Å². The number of carbonyl (C=O) groups is 1. The summed E-state index contributed by atoms with van der Waals surface area (Å²) in [4.78, 5) is 11.9. The highest BCUT2D eigenvalue weighted by atomic mass is 32.2. The molecule has 144 valence electrons. The fourth-order valence-corrected chi connectivity index (χ4v) is 3.97. The first-order chi connectivity index (χ1) is 12.9. The standard InChI is InChI=1S/C19H22N2O5S/c1-2-25-19(22)18-11-14-10-15(8-9-17(14)26-18)27(23,24)21-12-16(20)13-6-4-3-5-7-13/h3-10,16,18,21H,2,11-12,20H2,1H3. The Balaban J connectivity index is 1.68. The van der Waals surface area contributed by atoms with Crippen molar-refractivity contribution in [2.75, 3.05) is 13.2 Å². The molecular formula is C19H22N2O5S. The third-order valence-corrected chi connectivity index (χ3v) is 5.71. The molecule has 2 atom stereocenters. The number of rotatable bonds is 7. The lowest BCUT2D eigenvalue weighted by molar-refractivity contribution is -0.150. The summed E-state index contributed by atoms with van der Waals surface area (Å²) in [5, 5.41) is 0. The predicted octanol–water partition coefficient (Wildman–Crippen LogP) is 1.53. The fourth-order valence-electron chi connectivity index (χ4n) is 2.86. The van der Waals surface area contributed by atoms with Crippen molar-refractivity contribution >= 4 is 16.0 Å². The Morgan fingerprint density at radius 2 is 2.04 bits per heavy atom. The van der Waals surface area contributed by atoms with Gasteiger partial charge in [-0.25, -0.2) is 17.9 Å². The van der Waals surface area contributed by atoms with E-state index < -0.39 is 28.1 Å². The highest BCUT2D eigenvalue weighted by Crippen LogP contribution is 2.31. The number of hydrogen-bond acceptors (Lipinski definition) is 6. The van der Waals surface area contributed by atoms with Gasteiger partial charge in [-0.3, -0.25) is 0 Å². The highest BCUT2D eigenvalue weighted by molar-refractivity contribution is 7.89. The van der Waals surface area contributed by atoms with Crippen molar-refractivity contribution in [1.29, 1.82) is 0 Å². The van der Waals surface area contributed by atoms with Crippen molar-refractivity contribution in [1.82, 2.24) is 4.72 Å². The number of hydrogen-bond donors (Lipinski definition) is 2. The smallest absolute Gasteiger partial charge is 0.347 e. The summed E-state index contributed by atoms with van der Waals surface area (Å²) in [5.74, 6) is 0.0399. The minimum atomic E-state index is -3.73. The number of nitrogens with one attached hydrogen (secondary N) is 1. The molecule has 0 fully saturated rings. The summed E-state index contributed by atoms with van der Waals surface area (Å²) in [6.07, 6.45) is -0.460. The lowest BCUT2D eigenvalue weighted by atomic mass is 10.1. The zero-order valence-electron chi connectivity index (χ0n) is 14.9. The monoisotopic (exact) mass is 390 g/mol. The first-order valence-electron chi connectivity index (χ1n) is 8.67. The largest absolute Gasteiger partial charge is 0.478 e. The Morgan fingerprint density at radius 3 is 2.74 bits per heavy atom. The highest BCUT2D eigenvalue weighted by Gasteiger charge is 2.31. The van der Waals surface area contributed by atoms with Gasteiger partial charge in [0.15, 0.2) is 6.10 Å². The van der Waals surface area contributed by atoms with Crippen molar-refractivity contribution in [3.63, 3.8) is 0 Å². The normalized spacial score (nSPS) is 17.0. The van der Waals surface area contributed by atoms with Crippen molar-refractivity contribution in [2.45, 2.75) is 30.4 Å². The van der Waals surface area contributed by atoms with E-state index in [1.54, 1.807) is 13.0 Å². The van der Waals surface area contributed by atoms with Gasteiger partial charge in [0.2, 0.25) is 10.0 Å². The second-order valence-electron chi connectivity index (χ2n) is 6.20. The maximum Gasteiger partial charge on any atom is 0.347 e. The minimum absolute atomic E-state index is 0.0748. The molecule has 2 aromatic rings. The van der Waals surface area contributed by atoms with E-state index in [0.29, 0.717) is 11.3 Å². The molecule has 0 amide bonds. The van der Waals surface area contributed by atoms with E-state index in [0.717, 1.165) is 5.56 Å². The maximum absolute atomic E-state index is 12.6. The summed E-state index contributed by atoms with van der Waals surface area (Å²) in [6.45, 7) is 2.06. The van der Waals surface area contributed by atoms with E-state index >= 15 is 0 Å². The quantitative estimate of drug-likeness (QED) is 0.694. The summed E-state index contributed by atoms with van der Waals surface area (Å²) >= 11 is 0. The maximum atomic E-state index is 12.6. The molecule has 1 heterocycles. The van der Waals surface area contributed by atoms with E-state index in [1.807, 2.05) is 30.3 Å². The third kappa shape index (κ3) is 4.47. The number of ether oxygens (including phenoxy) is 2. The van der Waals surface area contributed by atoms with Gasteiger partial charge in [-0.15, -0.1) is 0 Å². The van der Waals surface area contributed by atoms with Crippen LogP contribution in [0.15, 0.2) is 53.4 Å². The number of benzene rings is 2. The molecule has 3 rings (SSSR count). The number of nitrogens with two attached hydrogens (primary N) is 1. The number of esters is 1. The average molecular weight is 390 g/mol. The fraction of sp³-hybridized carbons (Fsp3) is 0.316. The Morgan fingerprint density at radius 1 is 1.30 bits per heavy atom. The van der Waals surface area contributed by atoms with Crippen molar-refractivity contribution in [2.24, 2.45) is 5.73 Å². The molecule has 0 aliphatic carbocycles. The predicted molar refractivity (Wildman–Crippen MR) is 99.8 cm³/mol. The molecule has 1 aliphatic rings. The third-order valence-electron chi connectivity index (χ3n) is 4.29. The van der Waals surface area contributed by atoms with Crippen LogP contribution in [0.1, 0.15) is 24.1 Å². The Hall–Kier alpha value is -2.42. The van der Waals surface area contributed by atoms with E-state index in [-0.39, 0.29) is 24.5 Å². The van der Waals surface area contributed by atoms with Crippen LogP contribution >= 0.6 is 0 Å². The first-order valence-corrected chi connectivity index (χ1v) is 10.2. The summed E-state index contributed by atoms with van der Waals surface area (Å²) < 4.78 is 38.2. The van der Waals surface area contributed by atoms with Gasteiger partial charge >= 0.3 is 5.97 Å². The van der Waals surface area contributed by atoms with E-state index in [9.17, 15) is 13.2 Å². The van der Waals surface area contributed by atoms with Crippen LogP contribution in [0.3, 0.4) is 0 Å². The van der Waals surface area contributed by atoms with Crippen LogP contribution in [0.5, 0.6) is 5.75 Å². The molecule has 8 heteroatoms. The van der Waals surface area contributed by atoms with Crippen LogP contribution in [0.4, 0.5) is 0 Å². The molecule has 2 aromatic carbocycles. The van der Waals surface area contributed by atoms with Crippen LogP contribution < -0.4 is 15.2 Å². The SMILES string of the molecule is CCOC(=O)C1Cc2cc(S(=O)(=O)NCC(N)c3ccccc3)ccc2O1. The van der Waals surface area contributed by atoms with E-state index in [2.05, 4.69) is 4.72 Å². The van der Waals surface area contributed by atoms with Crippen molar-refractivity contribution in [3.8, 4) is 5.75 Å². The molecule has 0 bridgehead atoms. The lowest BCUT2D eigenvalue weighted by Gasteiger charge is -2.14. The Kier molecular flexibility index (Phi) is 5.79. The van der Waals surface area contributed by atoms with Crippen LogP contribution in [0.25, 0.3) is 0 Å². The molecule has 1 aliphatic heterocycles. The topological polar surface area (TPSA) is 108 Å². The van der Waals surface area contributed by atoms with Gasteiger partial charge in [0, 0.05) is 19.0 Å². The number of sulfonamides is 1. The second kappa shape index (κ2) is 8.08. The van der Waals surface area contributed by atoms with Gasteiger partial charge < -0.3 is 15.2 Å². The molecule has 0 saturated carbocycles. The first kappa shape index (κ1) is 19.3. The van der Waals surface area contributed by atoms with Gasteiger partial charge in [0.25, 0.3) is 0 Å². The molecule has 2 unspecified atom stereocenters. The van der Waals surface area contributed by atoms with Gasteiger partial charge in [0.1, 0.15) is 5.75 Å². The van der Waals surface area contributed by atoms with Crippen LogP contribution in [-0.2, 0) is 26.0 Å². The van der Waals surface area contributed by atoms with E-state index in [1.165, 1.54) is 12.1 Å². The minimum Gasteiger partial charge on any atom is -0.478 e.